The molecule has 0 aromatic carbocycles. The highest BCUT2D eigenvalue weighted by Crippen LogP contribution is 2.34. The molecule has 0 amide bonds. The fourth-order valence-electron chi connectivity index (χ4n) is 4.93. The Balaban J connectivity index is 1.33. The third kappa shape index (κ3) is 4.96. The number of nitriles is 1. The Labute approximate surface area is 216 Å². The van der Waals surface area contributed by atoms with Gasteiger partial charge in [-0.15, -0.1) is 11.3 Å². The van der Waals surface area contributed by atoms with Crippen LogP contribution >= 0.6 is 11.3 Å². The van der Waals surface area contributed by atoms with Crippen LogP contribution in [-0.2, 0) is 17.8 Å². The van der Waals surface area contributed by atoms with E-state index in [1.807, 2.05) is 15.8 Å². The van der Waals surface area contributed by atoms with Gasteiger partial charge in [-0.25, -0.2) is 17.8 Å². The van der Waals surface area contributed by atoms with Gasteiger partial charge in [-0.1, -0.05) is 13.8 Å². The van der Waals surface area contributed by atoms with Crippen LogP contribution < -0.4 is 10.6 Å². The van der Waals surface area contributed by atoms with Crippen LogP contribution in [0.25, 0.3) is 10.2 Å². The minimum Gasteiger partial charge on any atom is -0.390 e. The first-order valence-electron chi connectivity index (χ1n) is 12.3. The molecule has 3 unspecified atom stereocenters. The van der Waals surface area contributed by atoms with Gasteiger partial charge in [0.05, 0.1) is 29.7 Å². The molecule has 3 aromatic rings. The van der Waals surface area contributed by atoms with Crippen LogP contribution in [0, 0.1) is 17.2 Å². The molecule has 192 valence electrons. The van der Waals surface area contributed by atoms with Crippen molar-refractivity contribution in [3.05, 3.63) is 23.2 Å². The lowest BCUT2D eigenvalue weighted by Gasteiger charge is -2.47. The molecule has 0 aliphatic carbocycles. The number of anilines is 3. The van der Waals surface area contributed by atoms with E-state index in [0.29, 0.717) is 36.4 Å². The average molecular weight is 530 g/mol. The zero-order chi connectivity index (χ0) is 25.2. The Kier molecular flexibility index (Phi) is 7.49. The summed E-state index contributed by atoms with van der Waals surface area (Å²) in [7, 11) is 0. The lowest BCUT2D eigenvalue weighted by Crippen LogP contribution is -2.59. The number of nitrogens with one attached hydrogen (secondary N) is 3. The molecule has 5 rings (SSSR count). The molecule has 36 heavy (non-hydrogen) atoms. The topological polar surface area (TPSA) is 146 Å². The van der Waals surface area contributed by atoms with Gasteiger partial charge in [0.2, 0.25) is 5.95 Å². The van der Waals surface area contributed by atoms with Gasteiger partial charge in [0.25, 0.3) is 0 Å². The molecule has 0 spiro atoms. The third-order valence-corrected chi connectivity index (χ3v) is 9.42. The van der Waals surface area contributed by atoms with Crippen molar-refractivity contribution >= 4 is 50.3 Å². The predicted octanol–water partition coefficient (Wildman–Crippen LogP) is 3.12. The summed E-state index contributed by atoms with van der Waals surface area (Å²) in [5.74, 6) is 1.77. The Morgan fingerprint density at radius 2 is 2.03 bits per heavy atom. The zero-order valence-electron chi connectivity index (χ0n) is 20.3. The van der Waals surface area contributed by atoms with Crippen LogP contribution in [0.1, 0.15) is 45.2 Å². The van der Waals surface area contributed by atoms with Crippen molar-refractivity contribution < 1.29 is 9.32 Å². The quantitative estimate of drug-likeness (QED) is 0.331. The number of thiophene rings is 1. The first kappa shape index (κ1) is 25.0. The van der Waals surface area contributed by atoms with E-state index in [2.05, 4.69) is 45.1 Å². The first-order valence-corrected chi connectivity index (χ1v) is 14.3. The minimum absolute atomic E-state index is 0.0165. The molecule has 0 bridgehead atoms. The van der Waals surface area contributed by atoms with Crippen LogP contribution in [0.5, 0.6) is 0 Å². The number of aromatic amines is 1. The molecular weight excluding hydrogens is 498 g/mol. The number of rotatable bonds is 9. The van der Waals surface area contributed by atoms with E-state index in [1.165, 1.54) is 0 Å². The minimum atomic E-state index is -1.23. The van der Waals surface area contributed by atoms with Crippen LogP contribution in [-0.4, -0.2) is 69.3 Å². The number of piperidine rings is 1. The molecule has 0 radical (unpaired) electrons. The summed E-state index contributed by atoms with van der Waals surface area (Å²) in [6.07, 6.45) is 3.45. The molecular formula is C23H31N9O2S2. The number of hydrogen-bond donors (Lipinski definition) is 4. The van der Waals surface area contributed by atoms with Crippen LogP contribution in [0.2, 0.25) is 0 Å². The van der Waals surface area contributed by atoms with Gasteiger partial charge < -0.3 is 15.7 Å². The summed E-state index contributed by atoms with van der Waals surface area (Å²) < 4.78 is 17.5. The van der Waals surface area contributed by atoms with Crippen molar-refractivity contribution in [3.8, 4) is 6.07 Å². The normalized spacial score (nSPS) is 24.3. The van der Waals surface area contributed by atoms with E-state index in [4.69, 9.17) is 15.2 Å². The molecule has 3 atom stereocenters. The fraction of sp³-hybridized carbons (Fsp3) is 0.565. The lowest BCUT2D eigenvalue weighted by atomic mass is 9.91. The van der Waals surface area contributed by atoms with E-state index >= 15 is 0 Å². The SMILES string of the molecule is CCC1CC(Nc2nc(Nc3cc(CO)[nH]n3)c3ccsc3n2)CC(CC)N1S(=O)N1CC(C#N)C1. The maximum Gasteiger partial charge on any atom is 0.226 e. The number of fused-ring (bicyclic) bond motifs is 1. The number of hydrogen-bond acceptors (Lipinski definition) is 9. The van der Waals surface area contributed by atoms with Gasteiger partial charge in [0.1, 0.15) is 10.6 Å². The van der Waals surface area contributed by atoms with E-state index in [1.54, 1.807) is 17.4 Å². The predicted molar refractivity (Wildman–Crippen MR) is 141 cm³/mol. The summed E-state index contributed by atoms with van der Waals surface area (Å²) in [6, 6.07) is 6.46. The summed E-state index contributed by atoms with van der Waals surface area (Å²) >= 11 is 0.324. The standard InChI is InChI=1S/C23H31N9O2S2/c1-3-17-7-15(8-18(4-2)32(17)36(34)31-11-14(10-24)12-31)25-23-27-21(19-5-6-35-22(19)28-23)26-20-9-16(13-33)29-30-20/h5-6,9,14-15,17-18,33H,3-4,7-8,11-13H2,1-2H3,(H3,25,26,27,28,29,30). The van der Waals surface area contributed by atoms with E-state index < -0.39 is 11.2 Å². The number of aliphatic hydroxyl groups is 1. The Bertz CT molecular complexity index is 1250. The average Bonchev–Trinajstić information content (AvgIpc) is 3.52. The fourth-order valence-corrected chi connectivity index (χ4v) is 7.56. The second kappa shape index (κ2) is 10.8. The third-order valence-electron chi connectivity index (χ3n) is 6.91. The summed E-state index contributed by atoms with van der Waals surface area (Å²) in [4.78, 5) is 10.4. The van der Waals surface area contributed by atoms with Gasteiger partial charge in [-0.2, -0.15) is 15.3 Å². The summed E-state index contributed by atoms with van der Waals surface area (Å²) in [6.45, 7) is 5.32. The molecule has 2 fully saturated rings. The Hall–Kier alpha value is -2.63. The van der Waals surface area contributed by atoms with Crippen LogP contribution in [0.15, 0.2) is 17.5 Å². The lowest BCUT2D eigenvalue weighted by molar-refractivity contribution is 0.148. The van der Waals surface area contributed by atoms with E-state index in [-0.39, 0.29) is 30.7 Å². The largest absolute Gasteiger partial charge is 0.390 e. The Morgan fingerprint density at radius 1 is 1.28 bits per heavy atom. The smallest absolute Gasteiger partial charge is 0.226 e. The Morgan fingerprint density at radius 3 is 2.67 bits per heavy atom. The highest BCUT2D eigenvalue weighted by molar-refractivity contribution is 7.80. The van der Waals surface area contributed by atoms with Crippen LogP contribution in [0.4, 0.5) is 17.6 Å². The molecule has 0 saturated carbocycles. The van der Waals surface area contributed by atoms with Crippen molar-refractivity contribution in [2.24, 2.45) is 5.92 Å². The monoisotopic (exact) mass is 529 g/mol. The van der Waals surface area contributed by atoms with Crippen molar-refractivity contribution in [3.63, 3.8) is 0 Å². The number of nitrogens with zero attached hydrogens (tertiary/aromatic N) is 6. The van der Waals surface area contributed by atoms with E-state index in [0.717, 1.165) is 35.9 Å². The molecule has 5 heterocycles. The van der Waals surface area contributed by atoms with Gasteiger partial charge >= 0.3 is 0 Å². The van der Waals surface area contributed by atoms with Crippen LogP contribution in [0.3, 0.4) is 0 Å². The number of H-pyrrole nitrogens is 1. The number of aliphatic hydroxyl groups excluding tert-OH is 1. The van der Waals surface area contributed by atoms with Gasteiger partial charge in [-0.3, -0.25) is 5.10 Å². The molecule has 11 nitrogen and oxygen atoms in total. The van der Waals surface area contributed by atoms with Gasteiger partial charge in [0, 0.05) is 37.3 Å². The van der Waals surface area contributed by atoms with Gasteiger partial charge in [-0.05, 0) is 37.1 Å². The summed E-state index contributed by atoms with van der Waals surface area (Å²) in [5, 5.41) is 35.1. The van der Waals surface area contributed by atoms with Gasteiger partial charge in [0.15, 0.2) is 17.0 Å². The molecule has 2 aliphatic rings. The van der Waals surface area contributed by atoms with E-state index in [9.17, 15) is 9.32 Å². The maximum atomic E-state index is 13.4. The second-order valence-electron chi connectivity index (χ2n) is 9.30. The maximum absolute atomic E-state index is 13.4. The first-order chi connectivity index (χ1) is 17.5. The molecule has 2 aliphatic heterocycles. The van der Waals surface area contributed by atoms with Crippen molar-refractivity contribution in [2.75, 3.05) is 23.7 Å². The molecule has 4 N–H and O–H groups in total. The molecule has 2 saturated heterocycles. The highest BCUT2D eigenvalue weighted by atomic mass is 32.2. The number of aromatic nitrogens is 4. The van der Waals surface area contributed by atoms with Crippen molar-refractivity contribution in [1.82, 2.24) is 28.8 Å². The second-order valence-corrected chi connectivity index (χ2v) is 11.6. The molecule has 3 aromatic heterocycles. The highest BCUT2D eigenvalue weighted by Gasteiger charge is 2.42. The van der Waals surface area contributed by atoms with Crippen molar-refractivity contribution in [2.45, 2.75) is 64.3 Å². The summed E-state index contributed by atoms with van der Waals surface area (Å²) in [5.41, 5.74) is 0.619. The molecule has 13 heteroatoms. The zero-order valence-corrected chi connectivity index (χ0v) is 22.0. The van der Waals surface area contributed by atoms with Crippen molar-refractivity contribution in [1.29, 1.82) is 5.26 Å².